The van der Waals surface area contributed by atoms with E-state index in [9.17, 15) is 5.11 Å². The SMILES string of the molecule is CSC(CO)C(C)Nc1ccc2nccnc2n1. The highest BCUT2D eigenvalue weighted by Crippen LogP contribution is 2.16. The van der Waals surface area contributed by atoms with Gasteiger partial charge >= 0.3 is 0 Å². The molecule has 2 N–H and O–H groups in total. The van der Waals surface area contributed by atoms with Gasteiger partial charge in [0.05, 0.1) is 6.61 Å². The topological polar surface area (TPSA) is 70.9 Å². The van der Waals surface area contributed by atoms with Gasteiger partial charge in [-0.05, 0) is 25.3 Å². The third kappa shape index (κ3) is 2.88. The number of aromatic nitrogens is 3. The van der Waals surface area contributed by atoms with Crippen LogP contribution in [0.2, 0.25) is 0 Å². The van der Waals surface area contributed by atoms with Gasteiger partial charge in [-0.25, -0.2) is 9.97 Å². The van der Waals surface area contributed by atoms with Gasteiger partial charge in [0.25, 0.3) is 0 Å². The Morgan fingerprint density at radius 1 is 1.33 bits per heavy atom. The van der Waals surface area contributed by atoms with E-state index in [-0.39, 0.29) is 17.9 Å². The molecule has 0 amide bonds. The summed E-state index contributed by atoms with van der Waals surface area (Å²) in [5.74, 6) is 0.753. The van der Waals surface area contributed by atoms with Crippen molar-refractivity contribution in [1.82, 2.24) is 15.0 Å². The van der Waals surface area contributed by atoms with Crippen LogP contribution in [0.25, 0.3) is 11.2 Å². The van der Waals surface area contributed by atoms with Crippen molar-refractivity contribution in [3.05, 3.63) is 24.5 Å². The lowest BCUT2D eigenvalue weighted by atomic mass is 10.2. The molecule has 0 radical (unpaired) electrons. The molecule has 2 rings (SSSR count). The average Bonchev–Trinajstić information content (AvgIpc) is 2.40. The molecule has 0 aliphatic heterocycles. The summed E-state index contributed by atoms with van der Waals surface area (Å²) in [5, 5.41) is 12.7. The fourth-order valence-corrected chi connectivity index (χ4v) is 2.32. The van der Waals surface area contributed by atoms with Crippen molar-refractivity contribution < 1.29 is 5.11 Å². The maximum atomic E-state index is 9.24. The molecule has 2 aromatic rings. The van der Waals surface area contributed by atoms with Gasteiger partial charge in [0, 0.05) is 23.7 Å². The van der Waals surface area contributed by atoms with E-state index in [0.29, 0.717) is 5.65 Å². The Morgan fingerprint density at radius 3 is 2.83 bits per heavy atom. The zero-order valence-electron chi connectivity index (χ0n) is 10.4. The van der Waals surface area contributed by atoms with E-state index in [4.69, 9.17) is 0 Å². The van der Waals surface area contributed by atoms with Gasteiger partial charge in [-0.1, -0.05) is 0 Å². The summed E-state index contributed by atoms with van der Waals surface area (Å²) in [7, 11) is 0. The third-order valence-corrected chi connectivity index (χ3v) is 3.91. The van der Waals surface area contributed by atoms with Crippen molar-refractivity contribution in [1.29, 1.82) is 0 Å². The van der Waals surface area contributed by atoms with E-state index in [2.05, 4.69) is 20.3 Å². The number of nitrogens with zero attached hydrogens (tertiary/aromatic N) is 3. The molecule has 0 fully saturated rings. The number of nitrogens with one attached hydrogen (secondary N) is 1. The summed E-state index contributed by atoms with van der Waals surface area (Å²) >= 11 is 1.63. The van der Waals surface area contributed by atoms with Crippen LogP contribution in [-0.4, -0.2) is 44.2 Å². The molecular weight excluding hydrogens is 248 g/mol. The number of aliphatic hydroxyl groups is 1. The summed E-state index contributed by atoms with van der Waals surface area (Å²) < 4.78 is 0. The molecular formula is C12H16N4OS. The van der Waals surface area contributed by atoms with Gasteiger partial charge in [0.15, 0.2) is 5.65 Å². The molecule has 6 heteroatoms. The van der Waals surface area contributed by atoms with Crippen molar-refractivity contribution in [3.8, 4) is 0 Å². The quantitative estimate of drug-likeness (QED) is 0.854. The molecule has 0 aliphatic carbocycles. The Kier molecular flexibility index (Phi) is 4.33. The predicted molar refractivity (Wildman–Crippen MR) is 74.8 cm³/mol. The van der Waals surface area contributed by atoms with Crippen LogP contribution < -0.4 is 5.32 Å². The Balaban J connectivity index is 2.16. The van der Waals surface area contributed by atoms with Crippen LogP contribution in [-0.2, 0) is 0 Å². The van der Waals surface area contributed by atoms with Gasteiger partial charge < -0.3 is 10.4 Å². The van der Waals surface area contributed by atoms with Crippen molar-refractivity contribution in [2.75, 3.05) is 18.2 Å². The first kappa shape index (κ1) is 13.0. The first-order chi connectivity index (χ1) is 8.74. The van der Waals surface area contributed by atoms with Gasteiger partial charge in [-0.2, -0.15) is 11.8 Å². The van der Waals surface area contributed by atoms with Crippen LogP contribution in [0.1, 0.15) is 6.92 Å². The van der Waals surface area contributed by atoms with Crippen LogP contribution in [0.3, 0.4) is 0 Å². The first-order valence-electron chi connectivity index (χ1n) is 5.72. The lowest BCUT2D eigenvalue weighted by Crippen LogP contribution is -2.31. The monoisotopic (exact) mass is 264 g/mol. The minimum atomic E-state index is 0.131. The van der Waals surface area contributed by atoms with E-state index in [0.717, 1.165) is 11.3 Å². The first-order valence-corrected chi connectivity index (χ1v) is 7.01. The Hall–Kier alpha value is -1.40. The number of pyridine rings is 1. The number of thioether (sulfide) groups is 1. The molecule has 2 aromatic heterocycles. The molecule has 96 valence electrons. The van der Waals surface area contributed by atoms with E-state index in [1.165, 1.54) is 0 Å². The van der Waals surface area contributed by atoms with Crippen molar-refractivity contribution in [3.63, 3.8) is 0 Å². The fourth-order valence-electron chi connectivity index (χ4n) is 1.70. The number of aliphatic hydroxyl groups excluding tert-OH is 1. The molecule has 2 unspecified atom stereocenters. The van der Waals surface area contributed by atoms with Crippen molar-refractivity contribution in [2.45, 2.75) is 18.2 Å². The third-order valence-electron chi connectivity index (χ3n) is 2.75. The summed E-state index contributed by atoms with van der Waals surface area (Å²) in [5.41, 5.74) is 1.40. The van der Waals surface area contributed by atoms with Gasteiger partial charge in [-0.3, -0.25) is 4.98 Å². The predicted octanol–water partition coefficient (Wildman–Crippen LogP) is 1.55. The smallest absolute Gasteiger partial charge is 0.180 e. The van der Waals surface area contributed by atoms with Crippen molar-refractivity contribution >= 4 is 28.7 Å². The molecule has 0 saturated carbocycles. The highest BCUT2D eigenvalue weighted by Gasteiger charge is 2.15. The second kappa shape index (κ2) is 5.97. The lowest BCUT2D eigenvalue weighted by Gasteiger charge is -2.21. The minimum Gasteiger partial charge on any atom is -0.395 e. The summed E-state index contributed by atoms with van der Waals surface area (Å²) in [6, 6.07) is 3.89. The molecule has 0 aromatic carbocycles. The summed E-state index contributed by atoms with van der Waals surface area (Å²) in [6.07, 6.45) is 5.26. The summed E-state index contributed by atoms with van der Waals surface area (Å²) in [6.45, 7) is 2.17. The van der Waals surface area contributed by atoms with Crippen LogP contribution in [0.5, 0.6) is 0 Å². The zero-order chi connectivity index (χ0) is 13.0. The van der Waals surface area contributed by atoms with Gasteiger partial charge in [-0.15, -0.1) is 0 Å². The molecule has 0 spiro atoms. The van der Waals surface area contributed by atoms with Crippen molar-refractivity contribution in [2.24, 2.45) is 0 Å². The second-order valence-electron chi connectivity index (χ2n) is 3.99. The molecule has 2 atom stereocenters. The van der Waals surface area contributed by atoms with Crippen LogP contribution in [0, 0.1) is 0 Å². The number of hydrogen-bond donors (Lipinski definition) is 2. The Bertz CT molecular complexity index is 518. The van der Waals surface area contributed by atoms with E-state index >= 15 is 0 Å². The molecule has 0 aliphatic rings. The van der Waals surface area contributed by atoms with Gasteiger partial charge in [0.2, 0.25) is 0 Å². The number of rotatable bonds is 5. The zero-order valence-corrected chi connectivity index (χ0v) is 11.2. The highest BCUT2D eigenvalue weighted by molar-refractivity contribution is 7.99. The Morgan fingerprint density at radius 2 is 2.11 bits per heavy atom. The van der Waals surface area contributed by atoms with Crippen LogP contribution >= 0.6 is 11.8 Å². The standard InChI is InChI=1S/C12H16N4OS/c1-8(10(7-17)18-2)15-11-4-3-9-12(16-11)14-6-5-13-9/h3-6,8,10,17H,7H2,1-2H3,(H,14,15,16). The number of anilines is 1. The maximum absolute atomic E-state index is 9.24. The minimum absolute atomic E-state index is 0.131. The molecule has 2 heterocycles. The largest absolute Gasteiger partial charge is 0.395 e. The van der Waals surface area contributed by atoms with E-state index < -0.39 is 0 Å². The molecule has 18 heavy (non-hydrogen) atoms. The van der Waals surface area contributed by atoms with Crippen LogP contribution in [0.4, 0.5) is 5.82 Å². The van der Waals surface area contributed by atoms with E-state index in [1.807, 2.05) is 25.3 Å². The van der Waals surface area contributed by atoms with E-state index in [1.54, 1.807) is 24.2 Å². The van der Waals surface area contributed by atoms with Crippen LogP contribution in [0.15, 0.2) is 24.5 Å². The molecule has 0 bridgehead atoms. The normalized spacial score (nSPS) is 14.4. The average molecular weight is 264 g/mol. The molecule has 5 nitrogen and oxygen atoms in total. The fraction of sp³-hybridized carbons (Fsp3) is 0.417. The lowest BCUT2D eigenvalue weighted by molar-refractivity contribution is 0.288. The van der Waals surface area contributed by atoms with Gasteiger partial charge in [0.1, 0.15) is 11.3 Å². The number of fused-ring (bicyclic) bond motifs is 1. The Labute approximate surface area is 110 Å². The molecule has 0 saturated heterocycles. The maximum Gasteiger partial charge on any atom is 0.180 e. The summed E-state index contributed by atoms with van der Waals surface area (Å²) in [4.78, 5) is 12.7. The number of hydrogen-bond acceptors (Lipinski definition) is 6. The highest BCUT2D eigenvalue weighted by atomic mass is 32.2. The second-order valence-corrected chi connectivity index (χ2v) is 5.06.